The Morgan fingerprint density at radius 1 is 0.821 bits per heavy atom. The van der Waals surface area contributed by atoms with E-state index in [1.54, 1.807) is 6.20 Å². The summed E-state index contributed by atoms with van der Waals surface area (Å²) in [7, 11) is 0. The average Bonchev–Trinajstić information content (AvgIpc) is 3.05. The first kappa shape index (κ1) is 16.4. The minimum Gasteiger partial charge on any atom is -0.337 e. The zero-order chi connectivity index (χ0) is 19.1. The normalized spacial score (nSPS) is 11.2. The molecule has 0 radical (unpaired) electrons. The molecule has 0 bridgehead atoms. The summed E-state index contributed by atoms with van der Waals surface area (Å²) in [5.74, 6) is 0.730. The van der Waals surface area contributed by atoms with Gasteiger partial charge in [-0.2, -0.15) is 5.10 Å². The Balaban J connectivity index is 1.56. The number of benzene rings is 2. The predicted octanol–water partition coefficient (Wildman–Crippen LogP) is 4.72. The number of aromatic nitrogens is 5. The smallest absolute Gasteiger partial charge is 0.163 e. The number of nitrogens with one attached hydrogen (secondary N) is 1. The fourth-order valence-corrected chi connectivity index (χ4v) is 3.30. The van der Waals surface area contributed by atoms with Crippen LogP contribution in [0.4, 0.5) is 11.5 Å². The second-order valence-corrected chi connectivity index (χ2v) is 6.70. The van der Waals surface area contributed by atoms with Gasteiger partial charge in [0.25, 0.3) is 0 Å². The molecule has 2 aromatic carbocycles. The van der Waals surface area contributed by atoms with Crippen LogP contribution in [0.5, 0.6) is 0 Å². The van der Waals surface area contributed by atoms with Crippen LogP contribution in [0.3, 0.4) is 0 Å². The highest BCUT2D eigenvalue weighted by atomic mass is 15.3. The number of anilines is 2. The number of para-hydroxylation sites is 3. The molecule has 0 saturated heterocycles. The number of hydrogen-bond acceptors (Lipinski definition) is 5. The molecule has 6 heteroatoms. The SMILES string of the molecule is Cc1nc2ccccc2nc1Nc1cnc2c(c1)c(C)nn2-c1ccccc1. The molecule has 0 aliphatic heterocycles. The van der Waals surface area contributed by atoms with E-state index in [0.717, 1.165) is 50.6 Å². The first-order chi connectivity index (χ1) is 13.7. The molecule has 0 fully saturated rings. The lowest BCUT2D eigenvalue weighted by Crippen LogP contribution is -2.01. The fourth-order valence-electron chi connectivity index (χ4n) is 3.30. The summed E-state index contributed by atoms with van der Waals surface area (Å²) in [6.45, 7) is 3.95. The highest BCUT2D eigenvalue weighted by Crippen LogP contribution is 2.25. The van der Waals surface area contributed by atoms with Crippen LogP contribution < -0.4 is 5.32 Å². The van der Waals surface area contributed by atoms with Gasteiger partial charge in [-0.1, -0.05) is 30.3 Å². The number of nitrogens with zero attached hydrogens (tertiary/aromatic N) is 5. The first-order valence-corrected chi connectivity index (χ1v) is 9.10. The van der Waals surface area contributed by atoms with Crippen molar-refractivity contribution in [3.8, 4) is 5.69 Å². The molecule has 0 aliphatic rings. The Morgan fingerprint density at radius 3 is 2.32 bits per heavy atom. The van der Waals surface area contributed by atoms with Gasteiger partial charge in [-0.15, -0.1) is 0 Å². The molecule has 3 aromatic heterocycles. The summed E-state index contributed by atoms with van der Waals surface area (Å²) in [6, 6.07) is 19.9. The average molecular weight is 366 g/mol. The van der Waals surface area contributed by atoms with Crippen LogP contribution in [0.25, 0.3) is 27.8 Å². The predicted molar refractivity (Wildman–Crippen MR) is 111 cm³/mol. The van der Waals surface area contributed by atoms with Gasteiger partial charge in [0.05, 0.1) is 40.0 Å². The number of pyridine rings is 1. The van der Waals surface area contributed by atoms with Gasteiger partial charge in [-0.05, 0) is 44.2 Å². The van der Waals surface area contributed by atoms with E-state index in [1.807, 2.05) is 73.1 Å². The zero-order valence-electron chi connectivity index (χ0n) is 15.6. The molecule has 0 unspecified atom stereocenters. The summed E-state index contributed by atoms with van der Waals surface area (Å²) in [5.41, 5.74) is 6.19. The van der Waals surface area contributed by atoms with Gasteiger partial charge in [-0.3, -0.25) is 0 Å². The third kappa shape index (κ3) is 2.75. The van der Waals surface area contributed by atoms with Crippen molar-refractivity contribution >= 4 is 33.6 Å². The van der Waals surface area contributed by atoms with Crippen molar-refractivity contribution in [1.82, 2.24) is 24.7 Å². The Bertz CT molecular complexity index is 1310. The van der Waals surface area contributed by atoms with Crippen LogP contribution in [0.1, 0.15) is 11.4 Å². The molecule has 0 aliphatic carbocycles. The van der Waals surface area contributed by atoms with Crippen molar-refractivity contribution in [1.29, 1.82) is 0 Å². The maximum atomic E-state index is 4.70. The van der Waals surface area contributed by atoms with Gasteiger partial charge in [-0.25, -0.2) is 19.6 Å². The van der Waals surface area contributed by atoms with Crippen LogP contribution in [-0.4, -0.2) is 24.7 Å². The summed E-state index contributed by atoms with van der Waals surface area (Å²) >= 11 is 0. The van der Waals surface area contributed by atoms with Crippen molar-refractivity contribution in [3.05, 3.63) is 78.2 Å². The number of hydrogen-bond donors (Lipinski definition) is 1. The Kier molecular flexibility index (Phi) is 3.76. The molecule has 0 atom stereocenters. The van der Waals surface area contributed by atoms with Gasteiger partial charge >= 0.3 is 0 Å². The van der Waals surface area contributed by atoms with Gasteiger partial charge in [0.15, 0.2) is 11.5 Å². The minimum atomic E-state index is 0.730. The van der Waals surface area contributed by atoms with Crippen LogP contribution in [-0.2, 0) is 0 Å². The monoisotopic (exact) mass is 366 g/mol. The number of fused-ring (bicyclic) bond motifs is 2. The molecule has 3 heterocycles. The van der Waals surface area contributed by atoms with E-state index in [9.17, 15) is 0 Å². The van der Waals surface area contributed by atoms with E-state index in [1.165, 1.54) is 0 Å². The summed E-state index contributed by atoms with van der Waals surface area (Å²) < 4.78 is 1.87. The topological polar surface area (TPSA) is 68.5 Å². The zero-order valence-corrected chi connectivity index (χ0v) is 15.6. The second-order valence-electron chi connectivity index (χ2n) is 6.70. The molecule has 1 N–H and O–H groups in total. The minimum absolute atomic E-state index is 0.730. The molecule has 5 rings (SSSR count). The van der Waals surface area contributed by atoms with E-state index in [0.29, 0.717) is 0 Å². The van der Waals surface area contributed by atoms with Crippen molar-refractivity contribution in [3.63, 3.8) is 0 Å². The molecule has 0 saturated carbocycles. The number of aryl methyl sites for hydroxylation is 2. The second kappa shape index (κ2) is 6.42. The lowest BCUT2D eigenvalue weighted by molar-refractivity contribution is 0.878. The maximum absolute atomic E-state index is 4.70. The molecular formula is C22H18N6. The maximum Gasteiger partial charge on any atom is 0.163 e. The molecule has 6 nitrogen and oxygen atoms in total. The van der Waals surface area contributed by atoms with Crippen molar-refractivity contribution in [2.45, 2.75) is 13.8 Å². The third-order valence-electron chi connectivity index (χ3n) is 4.72. The lowest BCUT2D eigenvalue weighted by atomic mass is 10.2. The van der Waals surface area contributed by atoms with Crippen LogP contribution >= 0.6 is 0 Å². The van der Waals surface area contributed by atoms with Gasteiger partial charge in [0, 0.05) is 5.39 Å². The van der Waals surface area contributed by atoms with Crippen LogP contribution in [0.2, 0.25) is 0 Å². The lowest BCUT2D eigenvalue weighted by Gasteiger charge is -2.09. The molecule has 0 amide bonds. The highest BCUT2D eigenvalue weighted by Gasteiger charge is 2.12. The van der Waals surface area contributed by atoms with E-state index >= 15 is 0 Å². The summed E-state index contributed by atoms with van der Waals surface area (Å²) in [4.78, 5) is 14.0. The van der Waals surface area contributed by atoms with Crippen molar-refractivity contribution in [2.75, 3.05) is 5.32 Å². The van der Waals surface area contributed by atoms with E-state index in [-0.39, 0.29) is 0 Å². The third-order valence-corrected chi connectivity index (χ3v) is 4.72. The molecule has 5 aromatic rings. The highest BCUT2D eigenvalue weighted by molar-refractivity contribution is 5.84. The fraction of sp³-hybridized carbons (Fsp3) is 0.0909. The molecule has 0 spiro atoms. The van der Waals surface area contributed by atoms with E-state index in [2.05, 4.69) is 26.4 Å². The van der Waals surface area contributed by atoms with E-state index < -0.39 is 0 Å². The quantitative estimate of drug-likeness (QED) is 0.500. The summed E-state index contributed by atoms with van der Waals surface area (Å²) in [5, 5.41) is 9.02. The van der Waals surface area contributed by atoms with E-state index in [4.69, 9.17) is 4.98 Å². The Labute approximate surface area is 161 Å². The molecule has 28 heavy (non-hydrogen) atoms. The molecular weight excluding hydrogens is 348 g/mol. The van der Waals surface area contributed by atoms with Crippen LogP contribution in [0.15, 0.2) is 66.9 Å². The standard InChI is InChI=1S/C22H18N6/c1-14-18-12-16(13-23-22(18)28(27-14)17-8-4-3-5-9-17)25-21-15(2)24-19-10-6-7-11-20(19)26-21/h3-13H,1-2H3,(H,25,26). The van der Waals surface area contributed by atoms with Gasteiger partial charge in [0.2, 0.25) is 0 Å². The van der Waals surface area contributed by atoms with Crippen molar-refractivity contribution in [2.24, 2.45) is 0 Å². The largest absolute Gasteiger partial charge is 0.337 e. The van der Waals surface area contributed by atoms with Gasteiger partial charge in [0.1, 0.15) is 0 Å². The van der Waals surface area contributed by atoms with Gasteiger partial charge < -0.3 is 5.32 Å². The number of rotatable bonds is 3. The summed E-state index contributed by atoms with van der Waals surface area (Å²) in [6.07, 6.45) is 1.80. The van der Waals surface area contributed by atoms with Crippen LogP contribution in [0, 0.1) is 13.8 Å². The Hall–Kier alpha value is -3.80. The Morgan fingerprint density at radius 2 is 1.54 bits per heavy atom. The first-order valence-electron chi connectivity index (χ1n) is 9.10. The molecule has 136 valence electrons. The van der Waals surface area contributed by atoms with Crippen molar-refractivity contribution < 1.29 is 0 Å².